The highest BCUT2D eigenvalue weighted by molar-refractivity contribution is 5.68. The first-order valence-corrected chi connectivity index (χ1v) is 9.68. The van der Waals surface area contributed by atoms with Crippen molar-refractivity contribution in [3.8, 4) is 0 Å². The number of amides is 1. The van der Waals surface area contributed by atoms with E-state index in [1.54, 1.807) is 0 Å². The molecule has 0 spiro atoms. The second-order valence-corrected chi connectivity index (χ2v) is 8.63. The van der Waals surface area contributed by atoms with Crippen molar-refractivity contribution in [3.05, 3.63) is 35.9 Å². The van der Waals surface area contributed by atoms with E-state index in [-0.39, 0.29) is 12.1 Å². The van der Waals surface area contributed by atoms with E-state index in [1.165, 1.54) is 24.8 Å². The Kier molecular flexibility index (Phi) is 5.67. The lowest BCUT2D eigenvalue weighted by Crippen LogP contribution is -2.41. The molecule has 2 aliphatic carbocycles. The molecule has 25 heavy (non-hydrogen) atoms. The van der Waals surface area contributed by atoms with Crippen LogP contribution < -0.4 is 10.6 Å². The van der Waals surface area contributed by atoms with Gasteiger partial charge in [-0.3, -0.25) is 0 Å². The summed E-state index contributed by atoms with van der Waals surface area (Å²) in [6, 6.07) is 11.7. The number of carbonyl (C=O) groups is 1. The van der Waals surface area contributed by atoms with E-state index in [1.807, 2.05) is 20.8 Å². The molecule has 2 atom stereocenters. The van der Waals surface area contributed by atoms with Gasteiger partial charge in [-0.1, -0.05) is 30.3 Å². The minimum absolute atomic E-state index is 0.268. The number of benzene rings is 1. The lowest BCUT2D eigenvalue weighted by Gasteiger charge is -2.30. The van der Waals surface area contributed by atoms with Crippen molar-refractivity contribution in [2.24, 2.45) is 5.92 Å². The zero-order valence-electron chi connectivity index (χ0n) is 15.8. The molecular formula is C21H32N2O2. The predicted molar refractivity (Wildman–Crippen MR) is 101 cm³/mol. The Labute approximate surface area is 151 Å². The Morgan fingerprint density at radius 3 is 2.44 bits per heavy atom. The molecule has 0 unspecified atom stereocenters. The van der Waals surface area contributed by atoms with Gasteiger partial charge in [0.25, 0.3) is 0 Å². The molecule has 4 heteroatoms. The molecule has 0 radical (unpaired) electrons. The van der Waals surface area contributed by atoms with E-state index >= 15 is 0 Å². The van der Waals surface area contributed by atoms with E-state index in [0.717, 1.165) is 25.3 Å². The molecule has 1 aromatic rings. The van der Waals surface area contributed by atoms with Gasteiger partial charge >= 0.3 is 6.09 Å². The summed E-state index contributed by atoms with van der Waals surface area (Å²) in [4.78, 5) is 11.9. The topological polar surface area (TPSA) is 50.4 Å². The Bertz CT molecular complexity index is 559. The fourth-order valence-electron chi connectivity index (χ4n) is 3.79. The van der Waals surface area contributed by atoms with Crippen LogP contribution in [0.25, 0.3) is 0 Å². The van der Waals surface area contributed by atoms with E-state index in [0.29, 0.717) is 12.0 Å². The molecule has 1 aromatic carbocycles. The summed E-state index contributed by atoms with van der Waals surface area (Å²) in [5.41, 5.74) is 1.04. The molecule has 1 amide bonds. The number of hydrogen-bond donors (Lipinski definition) is 2. The second kappa shape index (κ2) is 7.77. The molecule has 0 aliphatic heterocycles. The lowest BCUT2D eigenvalue weighted by molar-refractivity contribution is 0.0487. The second-order valence-electron chi connectivity index (χ2n) is 8.63. The Morgan fingerprint density at radius 1 is 1.12 bits per heavy atom. The molecule has 2 N–H and O–H groups in total. The first kappa shape index (κ1) is 18.2. The van der Waals surface area contributed by atoms with Gasteiger partial charge in [0.15, 0.2) is 0 Å². The predicted octanol–water partition coefficient (Wildman–Crippen LogP) is 4.22. The zero-order chi connectivity index (χ0) is 17.9. The lowest BCUT2D eigenvalue weighted by atomic mass is 9.86. The normalized spacial score (nSPS) is 29.1. The Hall–Kier alpha value is -1.55. The molecule has 3 rings (SSSR count). The van der Waals surface area contributed by atoms with Gasteiger partial charge in [-0.15, -0.1) is 0 Å². The van der Waals surface area contributed by atoms with Crippen LogP contribution >= 0.6 is 0 Å². The van der Waals surface area contributed by atoms with E-state index in [2.05, 4.69) is 41.0 Å². The SMILES string of the molecule is CC(C)(C)OC(=O)N[C@H]1CC[C@H](CN[C@H]2C[C@@H]2c2ccccc2)CC1. The fourth-order valence-corrected chi connectivity index (χ4v) is 3.79. The largest absolute Gasteiger partial charge is 0.444 e. The summed E-state index contributed by atoms with van der Waals surface area (Å²) in [6.07, 6.45) is 5.45. The van der Waals surface area contributed by atoms with Crippen molar-refractivity contribution >= 4 is 6.09 Å². The van der Waals surface area contributed by atoms with Crippen molar-refractivity contribution in [3.63, 3.8) is 0 Å². The van der Waals surface area contributed by atoms with Crippen LogP contribution in [-0.4, -0.2) is 30.3 Å². The van der Waals surface area contributed by atoms with Crippen LogP contribution in [0.15, 0.2) is 30.3 Å². The Morgan fingerprint density at radius 2 is 1.80 bits per heavy atom. The summed E-state index contributed by atoms with van der Waals surface area (Å²) in [7, 11) is 0. The van der Waals surface area contributed by atoms with Gasteiger partial charge < -0.3 is 15.4 Å². The number of rotatable bonds is 5. The van der Waals surface area contributed by atoms with Gasteiger partial charge in [-0.05, 0) is 70.9 Å². The minimum Gasteiger partial charge on any atom is -0.444 e. The first-order chi connectivity index (χ1) is 11.9. The monoisotopic (exact) mass is 344 g/mol. The summed E-state index contributed by atoms with van der Waals surface area (Å²) < 4.78 is 5.35. The third-order valence-corrected chi connectivity index (χ3v) is 5.25. The smallest absolute Gasteiger partial charge is 0.407 e. The quantitative estimate of drug-likeness (QED) is 0.841. The molecule has 0 saturated heterocycles. The number of nitrogens with one attached hydrogen (secondary N) is 2. The molecule has 138 valence electrons. The first-order valence-electron chi connectivity index (χ1n) is 9.68. The van der Waals surface area contributed by atoms with Crippen molar-refractivity contribution in [1.82, 2.24) is 10.6 Å². The zero-order valence-corrected chi connectivity index (χ0v) is 15.8. The van der Waals surface area contributed by atoms with Gasteiger partial charge in [0.2, 0.25) is 0 Å². The van der Waals surface area contributed by atoms with Crippen LogP contribution in [0.2, 0.25) is 0 Å². The molecule has 2 aliphatic rings. The van der Waals surface area contributed by atoms with Crippen LogP contribution in [0, 0.1) is 5.92 Å². The maximum Gasteiger partial charge on any atom is 0.407 e. The summed E-state index contributed by atoms with van der Waals surface area (Å²) in [5, 5.41) is 6.77. The highest BCUT2D eigenvalue weighted by Gasteiger charge is 2.38. The number of alkyl carbamates (subject to hydrolysis) is 1. The minimum atomic E-state index is -0.426. The van der Waals surface area contributed by atoms with Crippen LogP contribution in [0.1, 0.15) is 64.4 Å². The highest BCUT2D eigenvalue weighted by atomic mass is 16.6. The third-order valence-electron chi connectivity index (χ3n) is 5.25. The standard InChI is InChI=1S/C21H32N2O2/c1-21(2,3)25-20(24)23-17-11-9-15(10-12-17)14-22-19-13-18(19)16-7-5-4-6-8-16/h4-8,15,17-19,22H,9-14H2,1-3H3,(H,23,24)/t15-,17-,18-,19+/m1/s1. The third kappa shape index (κ3) is 5.74. The van der Waals surface area contributed by atoms with Crippen molar-refractivity contribution in [1.29, 1.82) is 0 Å². The van der Waals surface area contributed by atoms with Crippen LogP contribution in [-0.2, 0) is 4.74 Å². The molecule has 0 aromatic heterocycles. The maximum absolute atomic E-state index is 11.9. The summed E-state index contributed by atoms with van der Waals surface area (Å²) >= 11 is 0. The fraction of sp³-hybridized carbons (Fsp3) is 0.667. The van der Waals surface area contributed by atoms with Gasteiger partial charge in [0.05, 0.1) is 0 Å². The molecule has 2 saturated carbocycles. The molecule has 0 heterocycles. The van der Waals surface area contributed by atoms with Crippen molar-refractivity contribution < 1.29 is 9.53 Å². The van der Waals surface area contributed by atoms with Gasteiger partial charge in [-0.25, -0.2) is 4.79 Å². The van der Waals surface area contributed by atoms with E-state index in [4.69, 9.17) is 4.74 Å². The van der Waals surface area contributed by atoms with Crippen molar-refractivity contribution in [2.45, 2.75) is 76.5 Å². The molecule has 4 nitrogen and oxygen atoms in total. The molecule has 2 fully saturated rings. The molecular weight excluding hydrogens is 312 g/mol. The maximum atomic E-state index is 11.9. The summed E-state index contributed by atoms with van der Waals surface area (Å²) in [6.45, 7) is 6.80. The van der Waals surface area contributed by atoms with Gasteiger partial charge in [0.1, 0.15) is 5.60 Å². The van der Waals surface area contributed by atoms with Crippen molar-refractivity contribution in [2.75, 3.05) is 6.54 Å². The average molecular weight is 344 g/mol. The highest BCUT2D eigenvalue weighted by Crippen LogP contribution is 2.40. The van der Waals surface area contributed by atoms with Gasteiger partial charge in [-0.2, -0.15) is 0 Å². The number of carbonyl (C=O) groups excluding carboxylic acids is 1. The number of hydrogen-bond acceptors (Lipinski definition) is 3. The Balaban J connectivity index is 1.32. The average Bonchev–Trinajstić information content (AvgIpc) is 3.33. The van der Waals surface area contributed by atoms with E-state index < -0.39 is 5.60 Å². The van der Waals surface area contributed by atoms with Crippen LogP contribution in [0.5, 0.6) is 0 Å². The van der Waals surface area contributed by atoms with Crippen LogP contribution in [0.3, 0.4) is 0 Å². The summed E-state index contributed by atoms with van der Waals surface area (Å²) in [5.74, 6) is 1.43. The number of ether oxygens (including phenoxy) is 1. The van der Waals surface area contributed by atoms with Gasteiger partial charge in [0, 0.05) is 18.0 Å². The molecule has 0 bridgehead atoms. The van der Waals surface area contributed by atoms with Crippen LogP contribution in [0.4, 0.5) is 4.79 Å². The van der Waals surface area contributed by atoms with E-state index in [9.17, 15) is 4.79 Å².